The summed E-state index contributed by atoms with van der Waals surface area (Å²) in [4.78, 5) is 38.8. The number of anilines is 1. The maximum absolute atomic E-state index is 12.5. The van der Waals surface area contributed by atoms with E-state index in [9.17, 15) is 14.4 Å². The van der Waals surface area contributed by atoms with Gasteiger partial charge in [-0.1, -0.05) is 13.8 Å². The number of hydrogen-bond donors (Lipinski definition) is 3. The van der Waals surface area contributed by atoms with Gasteiger partial charge in [-0.05, 0) is 44.1 Å². The van der Waals surface area contributed by atoms with E-state index >= 15 is 0 Å². The van der Waals surface area contributed by atoms with Crippen molar-refractivity contribution in [3.05, 3.63) is 16.0 Å². The van der Waals surface area contributed by atoms with Crippen LogP contribution in [-0.4, -0.2) is 51.1 Å². The molecule has 2 rings (SSSR count). The Morgan fingerprint density at radius 3 is 2.61 bits per heavy atom. The van der Waals surface area contributed by atoms with Gasteiger partial charge >= 0.3 is 5.97 Å². The highest BCUT2D eigenvalue weighted by molar-refractivity contribution is 7.17. The first-order valence-corrected chi connectivity index (χ1v) is 10.9. The molecule has 1 aromatic heterocycles. The van der Waals surface area contributed by atoms with Crippen LogP contribution in [0.25, 0.3) is 0 Å². The minimum atomic E-state index is -0.371. The zero-order valence-electron chi connectivity index (χ0n) is 17.3. The van der Waals surface area contributed by atoms with Gasteiger partial charge in [-0.25, -0.2) is 4.79 Å². The number of carbonyl (C=O) groups is 3. The molecule has 1 heterocycles. The van der Waals surface area contributed by atoms with E-state index in [1.165, 1.54) is 11.3 Å². The van der Waals surface area contributed by atoms with Gasteiger partial charge in [0.25, 0.3) is 11.8 Å². The number of esters is 1. The van der Waals surface area contributed by atoms with Crippen LogP contribution >= 0.6 is 11.3 Å². The van der Waals surface area contributed by atoms with E-state index in [-0.39, 0.29) is 30.9 Å². The summed E-state index contributed by atoms with van der Waals surface area (Å²) in [5, 5.41) is 6.28. The van der Waals surface area contributed by atoms with Gasteiger partial charge in [0.05, 0.1) is 19.2 Å². The SMILES string of the molecule is CCCNC(=O)C[NH+](C)CC(=O)Nc1sc2c(c1C(=O)OCC)CC[C@@H](C)C2. The third-order valence-electron chi connectivity index (χ3n) is 4.74. The molecule has 0 spiro atoms. The lowest BCUT2D eigenvalue weighted by atomic mass is 9.88. The van der Waals surface area contributed by atoms with Crippen molar-refractivity contribution in [1.29, 1.82) is 0 Å². The second kappa shape index (κ2) is 10.6. The third-order valence-corrected chi connectivity index (χ3v) is 5.91. The van der Waals surface area contributed by atoms with E-state index in [0.29, 0.717) is 29.6 Å². The van der Waals surface area contributed by atoms with E-state index < -0.39 is 0 Å². The van der Waals surface area contributed by atoms with Crippen LogP contribution in [0.3, 0.4) is 0 Å². The molecule has 1 aliphatic rings. The molecule has 1 aromatic rings. The Hall–Kier alpha value is -1.93. The number of nitrogens with one attached hydrogen (secondary N) is 3. The third kappa shape index (κ3) is 6.04. The summed E-state index contributed by atoms with van der Waals surface area (Å²) in [6, 6.07) is 0. The average molecular weight is 411 g/mol. The number of likely N-dealkylation sites (N-methyl/N-ethyl adjacent to an activating group) is 1. The molecule has 8 heteroatoms. The molecule has 0 aliphatic heterocycles. The lowest BCUT2D eigenvalue weighted by Gasteiger charge is -2.18. The number of thiophene rings is 1. The average Bonchev–Trinajstić information content (AvgIpc) is 2.96. The molecule has 2 amide bonds. The number of ether oxygens (including phenoxy) is 1. The maximum Gasteiger partial charge on any atom is 0.341 e. The Kier molecular flexibility index (Phi) is 8.44. The van der Waals surface area contributed by atoms with Crippen LogP contribution in [0.2, 0.25) is 0 Å². The monoisotopic (exact) mass is 410 g/mol. The number of rotatable bonds is 9. The zero-order chi connectivity index (χ0) is 20.7. The highest BCUT2D eigenvalue weighted by Crippen LogP contribution is 2.40. The molecule has 0 saturated heterocycles. The van der Waals surface area contributed by atoms with Crippen molar-refractivity contribution in [3.63, 3.8) is 0 Å². The van der Waals surface area contributed by atoms with Gasteiger partial charge < -0.3 is 20.3 Å². The molecule has 0 bridgehead atoms. The smallest absolute Gasteiger partial charge is 0.341 e. The van der Waals surface area contributed by atoms with Crippen LogP contribution in [0.15, 0.2) is 0 Å². The van der Waals surface area contributed by atoms with Crippen LogP contribution in [-0.2, 0) is 27.2 Å². The molecule has 7 nitrogen and oxygen atoms in total. The maximum atomic E-state index is 12.5. The second-order valence-corrected chi connectivity index (χ2v) is 8.59. The van der Waals surface area contributed by atoms with Crippen molar-refractivity contribution in [2.75, 3.05) is 38.6 Å². The fraction of sp³-hybridized carbons (Fsp3) is 0.650. The summed E-state index contributed by atoms with van der Waals surface area (Å²) >= 11 is 1.48. The first-order valence-electron chi connectivity index (χ1n) is 10.0. The van der Waals surface area contributed by atoms with Crippen molar-refractivity contribution in [2.24, 2.45) is 5.92 Å². The minimum absolute atomic E-state index is 0.0695. The van der Waals surface area contributed by atoms with Gasteiger partial charge in [-0.2, -0.15) is 0 Å². The summed E-state index contributed by atoms with van der Waals surface area (Å²) < 4.78 is 5.23. The van der Waals surface area contributed by atoms with Gasteiger partial charge in [0.15, 0.2) is 13.1 Å². The minimum Gasteiger partial charge on any atom is -0.462 e. The quantitative estimate of drug-likeness (QED) is 0.531. The van der Waals surface area contributed by atoms with E-state index in [0.717, 1.165) is 41.0 Å². The Bertz CT molecular complexity index is 717. The highest BCUT2D eigenvalue weighted by atomic mass is 32.1. The van der Waals surface area contributed by atoms with E-state index in [1.54, 1.807) is 14.0 Å². The first kappa shape index (κ1) is 22.4. The number of quaternary nitrogens is 1. The van der Waals surface area contributed by atoms with Crippen molar-refractivity contribution < 1.29 is 24.0 Å². The summed E-state index contributed by atoms with van der Waals surface area (Å²) in [7, 11) is 1.80. The van der Waals surface area contributed by atoms with Gasteiger partial charge in [0.2, 0.25) is 0 Å². The van der Waals surface area contributed by atoms with Gasteiger partial charge in [-0.3, -0.25) is 9.59 Å². The van der Waals surface area contributed by atoms with E-state index in [1.807, 2.05) is 6.92 Å². The summed E-state index contributed by atoms with van der Waals surface area (Å²) in [5.74, 6) is -0.0793. The second-order valence-electron chi connectivity index (χ2n) is 7.49. The topological polar surface area (TPSA) is 88.9 Å². The molecule has 1 unspecified atom stereocenters. The van der Waals surface area contributed by atoms with Crippen LogP contribution in [0.1, 0.15) is 54.4 Å². The molecule has 3 N–H and O–H groups in total. The highest BCUT2D eigenvalue weighted by Gasteiger charge is 2.29. The number of fused-ring (bicyclic) bond motifs is 1. The standard InChI is InChI=1S/C20H31N3O4S/c1-5-9-21-16(24)11-23(4)12-17(25)22-19-18(20(26)27-6-2)14-8-7-13(3)10-15(14)28-19/h13H,5-12H2,1-4H3,(H,21,24)(H,22,25)/p+1/t13-/m1/s1. The van der Waals surface area contributed by atoms with Crippen molar-refractivity contribution >= 4 is 34.1 Å². The first-order chi connectivity index (χ1) is 13.3. The lowest BCUT2D eigenvalue weighted by Crippen LogP contribution is -3.11. The number of amides is 2. The van der Waals surface area contributed by atoms with E-state index in [4.69, 9.17) is 4.74 Å². The molecule has 28 heavy (non-hydrogen) atoms. The molecular formula is C20H32N3O4S+. The van der Waals surface area contributed by atoms with E-state index in [2.05, 4.69) is 17.6 Å². The lowest BCUT2D eigenvalue weighted by molar-refractivity contribution is -0.862. The fourth-order valence-electron chi connectivity index (χ4n) is 3.37. The van der Waals surface area contributed by atoms with Crippen LogP contribution < -0.4 is 15.5 Å². The van der Waals surface area contributed by atoms with Crippen LogP contribution in [0, 0.1) is 5.92 Å². The largest absolute Gasteiger partial charge is 0.462 e. The molecule has 1 aliphatic carbocycles. The summed E-state index contributed by atoms with van der Waals surface area (Å²) in [6.45, 7) is 7.30. The van der Waals surface area contributed by atoms with Gasteiger partial charge in [0, 0.05) is 11.4 Å². The summed E-state index contributed by atoms with van der Waals surface area (Å²) in [6.07, 6.45) is 3.66. The van der Waals surface area contributed by atoms with Gasteiger partial charge in [0.1, 0.15) is 5.00 Å². The van der Waals surface area contributed by atoms with Crippen LogP contribution in [0.5, 0.6) is 0 Å². The van der Waals surface area contributed by atoms with Gasteiger partial charge in [-0.15, -0.1) is 11.3 Å². The van der Waals surface area contributed by atoms with Crippen LogP contribution in [0.4, 0.5) is 5.00 Å². The Morgan fingerprint density at radius 1 is 1.21 bits per heavy atom. The fourth-order valence-corrected chi connectivity index (χ4v) is 4.78. The number of carbonyl (C=O) groups excluding carboxylic acids is 3. The predicted octanol–water partition coefficient (Wildman–Crippen LogP) is 1.03. The van der Waals surface area contributed by atoms with Crippen molar-refractivity contribution in [1.82, 2.24) is 5.32 Å². The molecule has 156 valence electrons. The molecule has 2 atom stereocenters. The molecular weight excluding hydrogens is 378 g/mol. The normalized spacial score (nSPS) is 16.8. The molecule has 0 saturated carbocycles. The molecule has 0 fully saturated rings. The Morgan fingerprint density at radius 2 is 1.93 bits per heavy atom. The number of hydrogen-bond acceptors (Lipinski definition) is 5. The Balaban J connectivity index is 2.06. The van der Waals surface area contributed by atoms with Crippen molar-refractivity contribution in [2.45, 2.75) is 46.5 Å². The van der Waals surface area contributed by atoms with Crippen molar-refractivity contribution in [3.8, 4) is 0 Å². The summed E-state index contributed by atoms with van der Waals surface area (Å²) in [5.41, 5.74) is 1.54. The zero-order valence-corrected chi connectivity index (χ0v) is 18.1. The predicted molar refractivity (Wildman–Crippen MR) is 110 cm³/mol. The molecule has 0 aromatic carbocycles. The Labute approximate surface area is 170 Å². The molecule has 0 radical (unpaired) electrons.